The molecule has 0 unspecified atom stereocenters. The first kappa shape index (κ1) is 24.0. The average molecular weight is 494 g/mol. The van der Waals surface area contributed by atoms with Gasteiger partial charge >= 0.3 is 6.18 Å². The summed E-state index contributed by atoms with van der Waals surface area (Å²) in [5.74, 6) is 0.804. The number of alkyl halides is 3. The number of aromatic nitrogens is 4. The van der Waals surface area contributed by atoms with Crippen molar-refractivity contribution in [2.45, 2.75) is 57.8 Å². The van der Waals surface area contributed by atoms with Crippen LogP contribution in [-0.2, 0) is 12.7 Å². The minimum Gasteiger partial charge on any atom is -0.364 e. The summed E-state index contributed by atoms with van der Waals surface area (Å²) >= 11 is 0. The Hall–Kier alpha value is -3.75. The van der Waals surface area contributed by atoms with Crippen LogP contribution in [0.2, 0.25) is 0 Å². The van der Waals surface area contributed by atoms with Crippen LogP contribution in [0.1, 0.15) is 66.6 Å². The molecule has 0 amide bonds. The predicted molar refractivity (Wildman–Crippen MR) is 132 cm³/mol. The zero-order chi connectivity index (χ0) is 25.3. The molecule has 1 fully saturated rings. The highest BCUT2D eigenvalue weighted by Crippen LogP contribution is 2.33. The lowest BCUT2D eigenvalue weighted by atomic mass is 9.95. The van der Waals surface area contributed by atoms with Crippen molar-refractivity contribution in [1.82, 2.24) is 19.5 Å². The fourth-order valence-electron chi connectivity index (χ4n) is 4.72. The van der Waals surface area contributed by atoms with Crippen LogP contribution in [0.25, 0.3) is 22.6 Å². The van der Waals surface area contributed by atoms with Gasteiger partial charge in [-0.05, 0) is 43.5 Å². The zero-order valence-electron chi connectivity index (χ0n) is 19.8. The minimum atomic E-state index is -4.41. The number of halogens is 3. The number of nitrogens with one attached hydrogen (secondary N) is 1. The zero-order valence-corrected chi connectivity index (χ0v) is 19.8. The Labute approximate surface area is 206 Å². The topological polar surface area (TPSA) is 72.7 Å². The summed E-state index contributed by atoms with van der Waals surface area (Å²) in [6.07, 6.45) is 2.94. The second kappa shape index (κ2) is 9.72. The van der Waals surface area contributed by atoms with Crippen molar-refractivity contribution in [2.75, 3.05) is 5.32 Å². The molecule has 2 heterocycles. The summed E-state index contributed by atoms with van der Waals surface area (Å²) in [7, 11) is 0. The molecule has 186 valence electrons. The van der Waals surface area contributed by atoms with Gasteiger partial charge in [0, 0.05) is 23.7 Å². The lowest BCUT2D eigenvalue weighted by Crippen LogP contribution is -2.13. The van der Waals surface area contributed by atoms with Gasteiger partial charge in [0.1, 0.15) is 5.52 Å². The van der Waals surface area contributed by atoms with E-state index in [4.69, 9.17) is 4.98 Å². The van der Waals surface area contributed by atoms with E-state index in [1.807, 2.05) is 6.07 Å². The second-order valence-electron chi connectivity index (χ2n) is 9.20. The van der Waals surface area contributed by atoms with Crippen molar-refractivity contribution in [1.29, 1.82) is 0 Å². The van der Waals surface area contributed by atoms with Crippen molar-refractivity contribution in [3.63, 3.8) is 0 Å². The summed E-state index contributed by atoms with van der Waals surface area (Å²) in [6.45, 7) is 1.64. The van der Waals surface area contributed by atoms with Gasteiger partial charge in [-0.2, -0.15) is 13.2 Å². The normalized spacial score (nSPS) is 14.8. The van der Waals surface area contributed by atoms with E-state index in [-0.39, 0.29) is 18.4 Å². The van der Waals surface area contributed by atoms with E-state index < -0.39 is 11.7 Å². The van der Waals surface area contributed by atoms with Crippen LogP contribution >= 0.6 is 0 Å². The Balaban J connectivity index is 1.56. The molecule has 1 N–H and O–H groups in total. The molecular weight excluding hydrogens is 467 g/mol. The summed E-state index contributed by atoms with van der Waals surface area (Å²) in [6, 6.07) is 12.6. The van der Waals surface area contributed by atoms with Crippen LogP contribution in [0.4, 0.5) is 19.0 Å². The fourth-order valence-corrected chi connectivity index (χ4v) is 4.72. The van der Waals surface area contributed by atoms with E-state index >= 15 is 0 Å². The maximum absolute atomic E-state index is 13.2. The number of fused-ring (bicyclic) bond motifs is 1. The molecule has 0 atom stereocenters. The highest BCUT2D eigenvalue weighted by atomic mass is 19.4. The van der Waals surface area contributed by atoms with Crippen molar-refractivity contribution < 1.29 is 18.0 Å². The summed E-state index contributed by atoms with van der Waals surface area (Å²) in [5.41, 5.74) is 2.26. The van der Waals surface area contributed by atoms with E-state index in [0.29, 0.717) is 39.5 Å². The Morgan fingerprint density at radius 3 is 2.58 bits per heavy atom. The molecule has 0 saturated heterocycles. The highest BCUT2D eigenvalue weighted by Gasteiger charge is 2.30. The lowest BCUT2D eigenvalue weighted by Gasteiger charge is -2.23. The SMILES string of the molecule is CC(=O)c1cccc(-c2nc(NCc3cccc(C(F)(F)F)c3)c3ncn(C4CCCCC4)c3n2)c1. The van der Waals surface area contributed by atoms with Gasteiger partial charge in [-0.15, -0.1) is 0 Å². The Morgan fingerprint density at radius 2 is 1.83 bits per heavy atom. The molecular formula is C27H26F3N5O. The molecule has 2 aromatic carbocycles. The van der Waals surface area contributed by atoms with Gasteiger partial charge < -0.3 is 9.88 Å². The molecule has 0 bridgehead atoms. The van der Waals surface area contributed by atoms with Gasteiger partial charge in [0.2, 0.25) is 0 Å². The second-order valence-corrected chi connectivity index (χ2v) is 9.20. The van der Waals surface area contributed by atoms with Crippen LogP contribution in [0.5, 0.6) is 0 Å². The predicted octanol–water partition coefficient (Wildman–Crippen LogP) is 6.83. The lowest BCUT2D eigenvalue weighted by molar-refractivity contribution is -0.137. The number of nitrogens with zero attached hydrogens (tertiary/aromatic N) is 4. The van der Waals surface area contributed by atoms with E-state index in [2.05, 4.69) is 19.9 Å². The van der Waals surface area contributed by atoms with Crippen LogP contribution < -0.4 is 5.32 Å². The molecule has 9 heteroatoms. The van der Waals surface area contributed by atoms with Gasteiger partial charge in [-0.3, -0.25) is 4.79 Å². The van der Waals surface area contributed by atoms with Gasteiger partial charge in [0.15, 0.2) is 23.1 Å². The molecule has 0 aliphatic heterocycles. The monoisotopic (exact) mass is 493 g/mol. The first-order valence-corrected chi connectivity index (χ1v) is 12.1. The number of ketones is 1. The smallest absolute Gasteiger partial charge is 0.364 e. The number of carbonyl (C=O) groups is 1. The van der Waals surface area contributed by atoms with E-state index in [1.54, 1.807) is 30.6 Å². The Bertz CT molecular complexity index is 1410. The Kier molecular flexibility index (Phi) is 6.47. The number of Topliss-reactive ketones (excluding diaryl/α,β-unsaturated/α-hetero) is 1. The van der Waals surface area contributed by atoms with Gasteiger partial charge in [0.05, 0.1) is 11.9 Å². The summed E-state index contributed by atoms with van der Waals surface area (Å²) in [5, 5.41) is 3.19. The van der Waals surface area contributed by atoms with E-state index in [0.717, 1.165) is 37.8 Å². The third kappa shape index (κ3) is 4.96. The number of rotatable bonds is 6. The number of anilines is 1. The van der Waals surface area contributed by atoms with E-state index in [9.17, 15) is 18.0 Å². The molecule has 6 nitrogen and oxygen atoms in total. The molecule has 5 rings (SSSR count). The first-order valence-electron chi connectivity index (χ1n) is 12.1. The number of carbonyl (C=O) groups excluding carboxylic acids is 1. The molecule has 1 saturated carbocycles. The number of hydrogen-bond acceptors (Lipinski definition) is 5. The Morgan fingerprint density at radius 1 is 1.06 bits per heavy atom. The molecule has 2 aromatic heterocycles. The standard InChI is InChI=1S/C27H26F3N5O/c1-17(36)19-8-6-9-20(14-19)24-33-25(31-15-18-7-5-10-21(13-18)27(28,29)30)23-26(34-24)35(16-32-23)22-11-3-2-4-12-22/h5-10,13-14,16,22H,2-4,11-12,15H2,1H3,(H,31,33,34). The van der Waals surface area contributed by atoms with Crippen molar-refractivity contribution in [2.24, 2.45) is 0 Å². The molecule has 1 aliphatic carbocycles. The van der Waals surface area contributed by atoms with Crippen molar-refractivity contribution in [3.05, 3.63) is 71.5 Å². The van der Waals surface area contributed by atoms with Crippen molar-refractivity contribution >= 4 is 22.8 Å². The maximum atomic E-state index is 13.2. The fraction of sp³-hybridized carbons (Fsp3) is 0.333. The van der Waals surface area contributed by atoms with Crippen LogP contribution in [-0.4, -0.2) is 25.3 Å². The maximum Gasteiger partial charge on any atom is 0.416 e. The summed E-state index contributed by atoms with van der Waals surface area (Å²) < 4.78 is 41.6. The van der Waals surface area contributed by atoms with Gasteiger partial charge in [-0.1, -0.05) is 49.6 Å². The van der Waals surface area contributed by atoms with Crippen LogP contribution in [0.15, 0.2) is 54.9 Å². The molecule has 1 aliphatic rings. The highest BCUT2D eigenvalue weighted by molar-refractivity contribution is 5.95. The van der Waals surface area contributed by atoms with Crippen LogP contribution in [0.3, 0.4) is 0 Å². The van der Waals surface area contributed by atoms with Crippen molar-refractivity contribution in [3.8, 4) is 11.4 Å². The number of hydrogen-bond donors (Lipinski definition) is 1. The average Bonchev–Trinajstić information content (AvgIpc) is 3.32. The first-order chi connectivity index (χ1) is 17.3. The molecule has 36 heavy (non-hydrogen) atoms. The summed E-state index contributed by atoms with van der Waals surface area (Å²) in [4.78, 5) is 26.0. The molecule has 4 aromatic rings. The minimum absolute atomic E-state index is 0.0620. The largest absolute Gasteiger partial charge is 0.416 e. The van der Waals surface area contributed by atoms with E-state index in [1.165, 1.54) is 19.4 Å². The molecule has 0 radical (unpaired) electrons. The molecule has 0 spiro atoms. The van der Waals surface area contributed by atoms with Gasteiger partial charge in [0.25, 0.3) is 0 Å². The third-order valence-corrected chi connectivity index (χ3v) is 6.63. The van der Waals surface area contributed by atoms with Gasteiger partial charge in [-0.25, -0.2) is 15.0 Å². The quantitative estimate of drug-likeness (QED) is 0.298. The van der Waals surface area contributed by atoms with Crippen LogP contribution in [0, 0.1) is 0 Å². The number of imidazole rings is 1. The number of benzene rings is 2. The third-order valence-electron chi connectivity index (χ3n) is 6.63.